The zero-order chi connectivity index (χ0) is 14.0. The van der Waals surface area contributed by atoms with Crippen molar-refractivity contribution in [1.29, 1.82) is 0 Å². The molecule has 0 fully saturated rings. The second-order valence-electron chi connectivity index (χ2n) is 3.63. The molecular formula is C12H8F2N2O3. The summed E-state index contributed by atoms with van der Waals surface area (Å²) >= 11 is 0. The first-order valence-corrected chi connectivity index (χ1v) is 5.15. The summed E-state index contributed by atoms with van der Waals surface area (Å²) < 4.78 is 31.9. The highest BCUT2D eigenvalue weighted by Crippen LogP contribution is 2.33. The zero-order valence-corrected chi connectivity index (χ0v) is 9.47. The van der Waals surface area contributed by atoms with Crippen LogP contribution in [0.2, 0.25) is 0 Å². The summed E-state index contributed by atoms with van der Waals surface area (Å²) in [7, 11) is 0. The lowest BCUT2D eigenvalue weighted by Gasteiger charge is -2.08. The zero-order valence-electron chi connectivity index (χ0n) is 9.47. The van der Waals surface area contributed by atoms with Gasteiger partial charge in [-0.2, -0.15) is 0 Å². The fraction of sp³-hybridized carbons (Fsp3) is 0. The van der Waals surface area contributed by atoms with Crippen LogP contribution in [0.15, 0.2) is 36.4 Å². The van der Waals surface area contributed by atoms with Gasteiger partial charge in [0, 0.05) is 6.07 Å². The van der Waals surface area contributed by atoms with Gasteiger partial charge in [0.25, 0.3) is 5.69 Å². The van der Waals surface area contributed by atoms with E-state index in [-0.39, 0.29) is 11.4 Å². The van der Waals surface area contributed by atoms with Gasteiger partial charge in [0.15, 0.2) is 23.1 Å². The number of rotatable bonds is 3. The third-order valence-electron chi connectivity index (χ3n) is 2.33. The van der Waals surface area contributed by atoms with Gasteiger partial charge in [-0.05, 0) is 12.1 Å². The molecule has 0 unspecified atom stereocenters. The van der Waals surface area contributed by atoms with Crippen molar-refractivity contribution in [1.82, 2.24) is 0 Å². The van der Waals surface area contributed by atoms with Gasteiger partial charge < -0.3 is 10.5 Å². The summed E-state index contributed by atoms with van der Waals surface area (Å²) in [6.07, 6.45) is 0. The van der Waals surface area contributed by atoms with E-state index < -0.39 is 28.0 Å². The molecule has 0 heterocycles. The van der Waals surface area contributed by atoms with E-state index in [2.05, 4.69) is 0 Å². The number of anilines is 1. The van der Waals surface area contributed by atoms with Gasteiger partial charge in [-0.3, -0.25) is 10.1 Å². The maximum Gasteiger partial charge on any atom is 0.296 e. The van der Waals surface area contributed by atoms with E-state index in [1.54, 1.807) is 0 Å². The van der Waals surface area contributed by atoms with E-state index in [0.717, 1.165) is 18.2 Å². The number of nitro benzene ring substituents is 1. The van der Waals surface area contributed by atoms with E-state index in [1.807, 2.05) is 0 Å². The minimum Gasteiger partial charge on any atom is -0.451 e. The second kappa shape index (κ2) is 4.89. The highest BCUT2D eigenvalue weighted by atomic mass is 19.1. The van der Waals surface area contributed by atoms with E-state index in [9.17, 15) is 18.9 Å². The Bertz CT molecular complexity index is 647. The Morgan fingerprint density at radius 2 is 1.79 bits per heavy atom. The van der Waals surface area contributed by atoms with Gasteiger partial charge in [0.05, 0.1) is 11.0 Å². The molecule has 0 saturated carbocycles. The molecule has 2 N–H and O–H groups in total. The lowest BCUT2D eigenvalue weighted by Crippen LogP contribution is -1.99. The van der Waals surface area contributed by atoms with Crippen molar-refractivity contribution >= 4 is 11.4 Å². The van der Waals surface area contributed by atoms with Gasteiger partial charge >= 0.3 is 0 Å². The lowest BCUT2D eigenvalue weighted by atomic mass is 10.2. The average Bonchev–Trinajstić information content (AvgIpc) is 2.34. The minimum atomic E-state index is -0.911. The molecule has 0 aliphatic carbocycles. The van der Waals surface area contributed by atoms with Crippen molar-refractivity contribution in [3.8, 4) is 11.5 Å². The topological polar surface area (TPSA) is 78.4 Å². The molecule has 2 aromatic carbocycles. The molecule has 19 heavy (non-hydrogen) atoms. The predicted molar refractivity (Wildman–Crippen MR) is 63.9 cm³/mol. The van der Waals surface area contributed by atoms with Crippen molar-refractivity contribution in [3.05, 3.63) is 58.1 Å². The molecule has 0 bridgehead atoms. The normalized spacial score (nSPS) is 10.2. The summed E-state index contributed by atoms with van der Waals surface area (Å²) in [5, 5.41) is 10.7. The van der Waals surface area contributed by atoms with Crippen LogP contribution in [-0.2, 0) is 0 Å². The van der Waals surface area contributed by atoms with E-state index >= 15 is 0 Å². The first-order chi connectivity index (χ1) is 8.99. The van der Waals surface area contributed by atoms with Gasteiger partial charge in [0.2, 0.25) is 0 Å². The minimum absolute atomic E-state index is 0.236. The smallest absolute Gasteiger partial charge is 0.296 e. The summed E-state index contributed by atoms with van der Waals surface area (Å²) in [6.45, 7) is 0. The van der Waals surface area contributed by atoms with Crippen LogP contribution in [0.1, 0.15) is 0 Å². The van der Waals surface area contributed by atoms with Crippen molar-refractivity contribution < 1.29 is 18.4 Å². The monoisotopic (exact) mass is 266 g/mol. The number of nitrogens with two attached hydrogens (primary N) is 1. The van der Waals surface area contributed by atoms with Gasteiger partial charge in [0.1, 0.15) is 5.69 Å². The first kappa shape index (κ1) is 12.7. The standard InChI is InChI=1S/C12H8F2N2O3/c13-7-3-1-2-4-11(7)19-12-6-10(16(17)18)9(15)5-8(12)14/h1-6H,15H2. The number of halogens is 2. The molecule has 0 aliphatic heterocycles. The van der Waals surface area contributed by atoms with Gasteiger partial charge in [-0.15, -0.1) is 0 Å². The summed E-state index contributed by atoms with van der Waals surface area (Å²) in [6, 6.07) is 6.90. The molecule has 2 rings (SSSR count). The molecule has 0 amide bonds. The predicted octanol–water partition coefficient (Wildman–Crippen LogP) is 3.25. The molecule has 5 nitrogen and oxygen atoms in total. The second-order valence-corrected chi connectivity index (χ2v) is 3.63. The number of nitrogen functional groups attached to an aromatic ring is 1. The van der Waals surface area contributed by atoms with Gasteiger partial charge in [-0.1, -0.05) is 12.1 Å². The number of ether oxygens (including phenoxy) is 1. The summed E-state index contributed by atoms with van der Waals surface area (Å²) in [4.78, 5) is 9.90. The van der Waals surface area contributed by atoms with Crippen LogP contribution in [0.25, 0.3) is 0 Å². The molecule has 2 aromatic rings. The fourth-order valence-electron chi connectivity index (χ4n) is 1.44. The molecule has 7 heteroatoms. The van der Waals surface area contributed by atoms with Crippen LogP contribution in [0.5, 0.6) is 11.5 Å². The van der Waals surface area contributed by atoms with E-state index in [1.165, 1.54) is 18.2 Å². The van der Waals surface area contributed by atoms with E-state index in [0.29, 0.717) is 0 Å². The molecule has 0 spiro atoms. The van der Waals surface area contributed by atoms with Crippen LogP contribution < -0.4 is 10.5 Å². The Morgan fingerprint density at radius 1 is 1.11 bits per heavy atom. The van der Waals surface area contributed by atoms with Crippen LogP contribution in [0.3, 0.4) is 0 Å². The third-order valence-corrected chi connectivity index (χ3v) is 2.33. The number of nitro groups is 1. The molecule has 0 atom stereocenters. The fourth-order valence-corrected chi connectivity index (χ4v) is 1.44. The van der Waals surface area contributed by atoms with Crippen LogP contribution >= 0.6 is 0 Å². The first-order valence-electron chi connectivity index (χ1n) is 5.15. The van der Waals surface area contributed by atoms with Crippen molar-refractivity contribution in [2.24, 2.45) is 0 Å². The third kappa shape index (κ3) is 2.59. The largest absolute Gasteiger partial charge is 0.451 e. The molecular weight excluding hydrogens is 258 g/mol. The summed E-state index contributed by atoms with van der Waals surface area (Å²) in [5.41, 5.74) is 4.47. The number of benzene rings is 2. The number of para-hydroxylation sites is 1. The Hall–Kier alpha value is -2.70. The SMILES string of the molecule is Nc1cc(F)c(Oc2ccccc2F)cc1[N+](=O)[O-]. The van der Waals surface area contributed by atoms with Crippen molar-refractivity contribution in [2.45, 2.75) is 0 Å². The maximum atomic E-state index is 13.6. The highest BCUT2D eigenvalue weighted by molar-refractivity contribution is 5.61. The Morgan fingerprint density at radius 3 is 2.42 bits per heavy atom. The Labute approximate surface area is 106 Å². The van der Waals surface area contributed by atoms with E-state index in [4.69, 9.17) is 10.5 Å². The molecule has 0 aromatic heterocycles. The molecule has 0 saturated heterocycles. The number of hydrogen-bond acceptors (Lipinski definition) is 4. The van der Waals surface area contributed by atoms with Crippen LogP contribution in [0.4, 0.5) is 20.2 Å². The highest BCUT2D eigenvalue weighted by Gasteiger charge is 2.18. The number of hydrogen-bond donors (Lipinski definition) is 1. The molecule has 98 valence electrons. The molecule has 0 radical (unpaired) electrons. The lowest BCUT2D eigenvalue weighted by molar-refractivity contribution is -0.384. The summed E-state index contributed by atoms with van der Waals surface area (Å²) in [5.74, 6) is -2.32. The Balaban J connectivity index is 2.43. The molecule has 0 aliphatic rings. The van der Waals surface area contributed by atoms with Crippen molar-refractivity contribution in [2.75, 3.05) is 5.73 Å². The average molecular weight is 266 g/mol. The van der Waals surface area contributed by atoms with Crippen LogP contribution in [-0.4, -0.2) is 4.92 Å². The Kier molecular flexibility index (Phi) is 3.28. The van der Waals surface area contributed by atoms with Crippen molar-refractivity contribution in [3.63, 3.8) is 0 Å². The maximum absolute atomic E-state index is 13.6. The van der Waals surface area contributed by atoms with Gasteiger partial charge in [-0.25, -0.2) is 8.78 Å². The number of nitrogens with zero attached hydrogens (tertiary/aromatic N) is 1. The van der Waals surface area contributed by atoms with Crippen LogP contribution in [0, 0.1) is 21.7 Å². The quantitative estimate of drug-likeness (QED) is 0.525.